The zero-order valence-electron chi connectivity index (χ0n) is 9.11. The second-order valence-electron chi connectivity index (χ2n) is 3.42. The van der Waals surface area contributed by atoms with Crippen LogP contribution in [-0.4, -0.2) is 24.1 Å². The molecule has 88 valence electrons. The van der Waals surface area contributed by atoms with Gasteiger partial charge in [0.1, 0.15) is 0 Å². The van der Waals surface area contributed by atoms with Crippen LogP contribution in [0.1, 0.15) is 12.5 Å². The maximum atomic E-state index is 10.9. The first-order valence-electron chi connectivity index (χ1n) is 5.01. The van der Waals surface area contributed by atoms with Crippen LogP contribution in [0.15, 0.2) is 22.7 Å². The number of aliphatic hydroxyl groups is 1. The largest absolute Gasteiger partial charge is 0.392 e. The SMILES string of the molecule is CCN(CC(N)=O)c1ccc(CO)cc1Br. The number of nitrogens with two attached hydrogens (primary N) is 1. The van der Waals surface area contributed by atoms with E-state index in [-0.39, 0.29) is 19.1 Å². The van der Waals surface area contributed by atoms with Gasteiger partial charge in [-0.15, -0.1) is 0 Å². The molecule has 0 fully saturated rings. The summed E-state index contributed by atoms with van der Waals surface area (Å²) in [6.07, 6.45) is 0. The molecule has 16 heavy (non-hydrogen) atoms. The Labute approximate surface area is 103 Å². The molecule has 0 aliphatic heterocycles. The van der Waals surface area contributed by atoms with Crippen molar-refractivity contribution in [1.82, 2.24) is 0 Å². The Hall–Kier alpha value is -1.07. The minimum absolute atomic E-state index is 0.000818. The lowest BCUT2D eigenvalue weighted by Gasteiger charge is -2.23. The minimum atomic E-state index is -0.361. The summed E-state index contributed by atoms with van der Waals surface area (Å²) in [6, 6.07) is 5.52. The highest BCUT2D eigenvalue weighted by Crippen LogP contribution is 2.27. The molecule has 0 radical (unpaired) electrons. The fourth-order valence-corrected chi connectivity index (χ4v) is 2.14. The van der Waals surface area contributed by atoms with Crippen LogP contribution in [0.5, 0.6) is 0 Å². The maximum absolute atomic E-state index is 10.9. The lowest BCUT2D eigenvalue weighted by molar-refractivity contribution is -0.116. The van der Waals surface area contributed by atoms with Gasteiger partial charge >= 0.3 is 0 Å². The van der Waals surface area contributed by atoms with E-state index in [1.165, 1.54) is 0 Å². The molecule has 0 saturated carbocycles. The number of hydrogen-bond donors (Lipinski definition) is 2. The molecule has 1 aromatic rings. The van der Waals surface area contributed by atoms with Crippen LogP contribution < -0.4 is 10.6 Å². The van der Waals surface area contributed by atoms with Crippen LogP contribution in [0, 0.1) is 0 Å². The quantitative estimate of drug-likeness (QED) is 0.856. The van der Waals surface area contributed by atoms with Gasteiger partial charge in [-0.25, -0.2) is 0 Å². The van der Waals surface area contributed by atoms with Crippen molar-refractivity contribution in [1.29, 1.82) is 0 Å². The van der Waals surface area contributed by atoms with Crippen molar-refractivity contribution in [3.8, 4) is 0 Å². The van der Waals surface area contributed by atoms with Crippen molar-refractivity contribution in [3.05, 3.63) is 28.2 Å². The van der Waals surface area contributed by atoms with Gasteiger partial charge in [0.25, 0.3) is 0 Å². The number of amides is 1. The summed E-state index contributed by atoms with van der Waals surface area (Å²) in [7, 11) is 0. The van der Waals surface area contributed by atoms with Crippen molar-refractivity contribution in [2.24, 2.45) is 5.73 Å². The summed E-state index contributed by atoms with van der Waals surface area (Å²) in [5.41, 5.74) is 6.90. The van der Waals surface area contributed by atoms with E-state index in [9.17, 15) is 4.79 Å². The molecular formula is C11H15BrN2O2. The summed E-state index contributed by atoms with van der Waals surface area (Å²) in [5, 5.41) is 8.99. The predicted molar refractivity (Wildman–Crippen MR) is 67.1 cm³/mol. The minimum Gasteiger partial charge on any atom is -0.392 e. The second kappa shape index (κ2) is 5.86. The van der Waals surface area contributed by atoms with Crippen LogP contribution in [-0.2, 0) is 11.4 Å². The van der Waals surface area contributed by atoms with E-state index in [1.807, 2.05) is 30.0 Å². The summed E-state index contributed by atoms with van der Waals surface area (Å²) in [4.78, 5) is 12.8. The summed E-state index contributed by atoms with van der Waals surface area (Å²) >= 11 is 3.41. The molecule has 0 aliphatic rings. The van der Waals surface area contributed by atoms with Crippen LogP contribution >= 0.6 is 15.9 Å². The summed E-state index contributed by atoms with van der Waals surface area (Å²) in [5.74, 6) is -0.361. The predicted octanol–water partition coefficient (Wildman–Crippen LogP) is 1.25. The molecule has 5 heteroatoms. The van der Waals surface area contributed by atoms with Crippen molar-refractivity contribution in [3.63, 3.8) is 0 Å². The molecule has 0 unspecified atom stereocenters. The van der Waals surface area contributed by atoms with E-state index in [2.05, 4.69) is 15.9 Å². The summed E-state index contributed by atoms with van der Waals surface area (Å²) < 4.78 is 0.849. The van der Waals surface area contributed by atoms with Gasteiger partial charge in [0.15, 0.2) is 0 Å². The number of carbonyl (C=O) groups excluding carboxylic acids is 1. The lowest BCUT2D eigenvalue weighted by atomic mass is 10.2. The Balaban J connectivity index is 2.96. The average molecular weight is 287 g/mol. The van der Waals surface area contributed by atoms with Gasteiger partial charge in [-0.3, -0.25) is 4.79 Å². The molecule has 0 aliphatic carbocycles. The Bertz CT molecular complexity index is 382. The number of likely N-dealkylation sites (N-methyl/N-ethyl adjacent to an activating group) is 1. The molecule has 0 spiro atoms. The molecule has 1 aromatic carbocycles. The maximum Gasteiger partial charge on any atom is 0.236 e. The molecule has 0 aromatic heterocycles. The molecule has 0 saturated heterocycles. The highest BCUT2D eigenvalue weighted by molar-refractivity contribution is 9.10. The monoisotopic (exact) mass is 286 g/mol. The number of benzene rings is 1. The van der Waals surface area contributed by atoms with Gasteiger partial charge in [0, 0.05) is 11.0 Å². The van der Waals surface area contributed by atoms with E-state index >= 15 is 0 Å². The second-order valence-corrected chi connectivity index (χ2v) is 4.28. The summed E-state index contributed by atoms with van der Waals surface area (Å²) in [6.45, 7) is 2.84. The molecule has 1 amide bonds. The number of hydrogen-bond acceptors (Lipinski definition) is 3. The Morgan fingerprint density at radius 2 is 2.25 bits per heavy atom. The van der Waals surface area contributed by atoms with Crippen molar-refractivity contribution >= 4 is 27.5 Å². The standard InChI is InChI=1S/C11H15BrN2O2/c1-2-14(6-11(13)16)10-4-3-8(7-15)5-9(10)12/h3-5,15H,2,6-7H2,1H3,(H2,13,16). The zero-order chi connectivity index (χ0) is 12.1. The number of anilines is 1. The number of carbonyl (C=O) groups is 1. The Morgan fingerprint density at radius 3 is 2.69 bits per heavy atom. The third kappa shape index (κ3) is 3.21. The first kappa shape index (κ1) is 13.0. The van der Waals surface area contributed by atoms with Crippen molar-refractivity contribution < 1.29 is 9.90 Å². The van der Waals surface area contributed by atoms with Crippen LogP contribution in [0.4, 0.5) is 5.69 Å². The molecule has 4 nitrogen and oxygen atoms in total. The molecule has 0 atom stereocenters. The zero-order valence-corrected chi connectivity index (χ0v) is 10.7. The molecule has 1 rings (SSSR count). The average Bonchev–Trinajstić information content (AvgIpc) is 2.25. The number of aliphatic hydroxyl groups excluding tert-OH is 1. The number of halogens is 1. The van der Waals surface area contributed by atoms with E-state index in [4.69, 9.17) is 10.8 Å². The van der Waals surface area contributed by atoms with Gasteiger partial charge in [0.05, 0.1) is 18.8 Å². The van der Waals surface area contributed by atoms with Crippen LogP contribution in [0.25, 0.3) is 0 Å². The van der Waals surface area contributed by atoms with Crippen molar-refractivity contribution in [2.75, 3.05) is 18.0 Å². The number of primary amides is 1. The van der Waals surface area contributed by atoms with Gasteiger partial charge in [-0.05, 0) is 40.5 Å². The van der Waals surface area contributed by atoms with Gasteiger partial charge in [0.2, 0.25) is 5.91 Å². The Kier molecular flexibility index (Phi) is 4.76. The first-order chi connectivity index (χ1) is 7.58. The van der Waals surface area contributed by atoms with Gasteiger partial charge < -0.3 is 15.7 Å². The fourth-order valence-electron chi connectivity index (χ4n) is 1.46. The number of rotatable bonds is 5. The third-order valence-corrected chi connectivity index (χ3v) is 2.90. The first-order valence-corrected chi connectivity index (χ1v) is 5.80. The molecule has 0 bridgehead atoms. The Morgan fingerprint density at radius 1 is 1.56 bits per heavy atom. The number of nitrogens with zero attached hydrogens (tertiary/aromatic N) is 1. The van der Waals surface area contributed by atoms with E-state index in [1.54, 1.807) is 0 Å². The fraction of sp³-hybridized carbons (Fsp3) is 0.364. The smallest absolute Gasteiger partial charge is 0.236 e. The van der Waals surface area contributed by atoms with E-state index < -0.39 is 0 Å². The topological polar surface area (TPSA) is 66.6 Å². The highest BCUT2D eigenvalue weighted by Gasteiger charge is 2.10. The van der Waals surface area contributed by atoms with E-state index in [0.29, 0.717) is 6.54 Å². The molecule has 3 N–H and O–H groups in total. The normalized spacial score (nSPS) is 10.2. The van der Waals surface area contributed by atoms with E-state index in [0.717, 1.165) is 15.7 Å². The van der Waals surface area contributed by atoms with Crippen LogP contribution in [0.3, 0.4) is 0 Å². The molecule has 0 heterocycles. The van der Waals surface area contributed by atoms with Crippen molar-refractivity contribution in [2.45, 2.75) is 13.5 Å². The highest BCUT2D eigenvalue weighted by atomic mass is 79.9. The third-order valence-electron chi connectivity index (χ3n) is 2.26. The van der Waals surface area contributed by atoms with Gasteiger partial charge in [-0.2, -0.15) is 0 Å². The van der Waals surface area contributed by atoms with Gasteiger partial charge in [-0.1, -0.05) is 6.07 Å². The molecular weight excluding hydrogens is 272 g/mol. The van der Waals surface area contributed by atoms with Crippen LogP contribution in [0.2, 0.25) is 0 Å². The lowest BCUT2D eigenvalue weighted by Crippen LogP contribution is -2.33.